The SMILES string of the molecule is CC[C@@H](NC(=O)[C@@H]1CN(S(C)(=O)=O)c2ccccc2O1)c1ccc(OC)cc1. The summed E-state index contributed by atoms with van der Waals surface area (Å²) in [5.41, 5.74) is 1.38. The van der Waals surface area contributed by atoms with Gasteiger partial charge in [0.15, 0.2) is 6.10 Å². The van der Waals surface area contributed by atoms with Crippen molar-refractivity contribution >= 4 is 21.6 Å². The van der Waals surface area contributed by atoms with E-state index in [1.54, 1.807) is 31.4 Å². The molecule has 0 aliphatic carbocycles. The Morgan fingerprint density at radius 2 is 1.93 bits per heavy atom. The molecule has 1 aliphatic heterocycles. The average molecular weight is 404 g/mol. The van der Waals surface area contributed by atoms with Crippen LogP contribution in [-0.2, 0) is 14.8 Å². The average Bonchev–Trinajstić information content (AvgIpc) is 2.70. The maximum Gasteiger partial charge on any atom is 0.263 e. The molecule has 7 nitrogen and oxygen atoms in total. The van der Waals surface area contributed by atoms with Crippen LogP contribution in [0.4, 0.5) is 5.69 Å². The van der Waals surface area contributed by atoms with E-state index in [-0.39, 0.29) is 18.5 Å². The number of amides is 1. The fraction of sp³-hybridized carbons (Fsp3) is 0.350. The first-order valence-electron chi connectivity index (χ1n) is 9.01. The Balaban J connectivity index is 1.79. The molecule has 150 valence electrons. The minimum Gasteiger partial charge on any atom is -0.497 e. The van der Waals surface area contributed by atoms with E-state index in [0.717, 1.165) is 17.6 Å². The van der Waals surface area contributed by atoms with Crippen molar-refractivity contribution in [1.82, 2.24) is 5.32 Å². The second kappa shape index (κ2) is 8.10. The Hall–Kier alpha value is -2.74. The summed E-state index contributed by atoms with van der Waals surface area (Å²) in [6, 6.07) is 14.0. The lowest BCUT2D eigenvalue weighted by molar-refractivity contribution is -0.128. The molecule has 0 unspecified atom stereocenters. The highest BCUT2D eigenvalue weighted by molar-refractivity contribution is 7.92. The van der Waals surface area contributed by atoms with Crippen molar-refractivity contribution in [3.8, 4) is 11.5 Å². The van der Waals surface area contributed by atoms with E-state index in [2.05, 4.69) is 5.32 Å². The van der Waals surface area contributed by atoms with Gasteiger partial charge >= 0.3 is 0 Å². The molecular weight excluding hydrogens is 380 g/mol. The molecule has 2 atom stereocenters. The number of methoxy groups -OCH3 is 1. The number of carbonyl (C=O) groups excluding carboxylic acids is 1. The summed E-state index contributed by atoms with van der Waals surface area (Å²) in [5, 5.41) is 2.97. The van der Waals surface area contributed by atoms with Gasteiger partial charge in [-0.2, -0.15) is 0 Å². The van der Waals surface area contributed by atoms with Crippen LogP contribution in [0.1, 0.15) is 24.9 Å². The maximum absolute atomic E-state index is 12.9. The first-order chi connectivity index (χ1) is 13.3. The van der Waals surface area contributed by atoms with Crippen molar-refractivity contribution in [2.45, 2.75) is 25.5 Å². The van der Waals surface area contributed by atoms with Crippen LogP contribution in [0, 0.1) is 0 Å². The van der Waals surface area contributed by atoms with Crippen molar-refractivity contribution in [2.75, 3.05) is 24.2 Å². The quantitative estimate of drug-likeness (QED) is 0.800. The highest BCUT2D eigenvalue weighted by Gasteiger charge is 2.35. The van der Waals surface area contributed by atoms with Crippen LogP contribution in [0.5, 0.6) is 11.5 Å². The first kappa shape index (κ1) is 20.0. The van der Waals surface area contributed by atoms with Gasteiger partial charge in [-0.15, -0.1) is 0 Å². The summed E-state index contributed by atoms with van der Waals surface area (Å²) in [4.78, 5) is 12.9. The number of sulfonamides is 1. The summed E-state index contributed by atoms with van der Waals surface area (Å²) in [6.45, 7) is 1.90. The van der Waals surface area contributed by atoms with Crippen LogP contribution < -0.4 is 19.1 Å². The number of fused-ring (bicyclic) bond motifs is 1. The van der Waals surface area contributed by atoms with Crippen LogP contribution in [0.15, 0.2) is 48.5 Å². The zero-order chi connectivity index (χ0) is 20.3. The summed E-state index contributed by atoms with van der Waals surface area (Å²) in [6.07, 6.45) is 0.866. The van der Waals surface area contributed by atoms with Crippen molar-refractivity contribution < 1.29 is 22.7 Å². The van der Waals surface area contributed by atoms with Crippen molar-refractivity contribution in [2.24, 2.45) is 0 Å². The molecule has 0 bridgehead atoms. The number of benzene rings is 2. The lowest BCUT2D eigenvalue weighted by atomic mass is 10.0. The van der Waals surface area contributed by atoms with Crippen LogP contribution in [0.2, 0.25) is 0 Å². The number of para-hydroxylation sites is 2. The van der Waals surface area contributed by atoms with E-state index in [4.69, 9.17) is 9.47 Å². The summed E-state index contributed by atoms with van der Waals surface area (Å²) >= 11 is 0. The molecule has 0 radical (unpaired) electrons. The third kappa shape index (κ3) is 4.22. The van der Waals surface area contributed by atoms with Crippen molar-refractivity contribution in [1.29, 1.82) is 0 Å². The molecule has 0 spiro atoms. The zero-order valence-corrected chi connectivity index (χ0v) is 16.9. The van der Waals surface area contributed by atoms with E-state index in [0.29, 0.717) is 17.9 Å². The molecule has 1 aliphatic rings. The third-order valence-electron chi connectivity index (χ3n) is 4.67. The van der Waals surface area contributed by atoms with Crippen molar-refractivity contribution in [3.63, 3.8) is 0 Å². The van der Waals surface area contributed by atoms with E-state index >= 15 is 0 Å². The largest absolute Gasteiger partial charge is 0.497 e. The maximum atomic E-state index is 12.9. The monoisotopic (exact) mass is 404 g/mol. The molecule has 1 N–H and O–H groups in total. The topological polar surface area (TPSA) is 84.9 Å². The highest BCUT2D eigenvalue weighted by Crippen LogP contribution is 2.34. The molecule has 1 amide bonds. The second-order valence-electron chi connectivity index (χ2n) is 6.61. The van der Waals surface area contributed by atoms with Gasteiger partial charge in [0.2, 0.25) is 10.0 Å². The first-order valence-corrected chi connectivity index (χ1v) is 10.9. The van der Waals surface area contributed by atoms with E-state index in [1.165, 1.54) is 4.31 Å². The van der Waals surface area contributed by atoms with Gasteiger partial charge < -0.3 is 14.8 Å². The van der Waals surface area contributed by atoms with Gasteiger partial charge in [0.1, 0.15) is 11.5 Å². The molecule has 1 heterocycles. The van der Waals surface area contributed by atoms with Crippen LogP contribution >= 0.6 is 0 Å². The Labute approximate surface area is 165 Å². The lowest BCUT2D eigenvalue weighted by Crippen LogP contribution is -2.51. The summed E-state index contributed by atoms with van der Waals surface area (Å²) < 4.78 is 36.6. The molecule has 0 aromatic heterocycles. The number of carbonyl (C=O) groups is 1. The minimum absolute atomic E-state index is 0.0687. The van der Waals surface area contributed by atoms with Gasteiger partial charge in [-0.3, -0.25) is 9.10 Å². The number of ether oxygens (including phenoxy) is 2. The molecule has 8 heteroatoms. The van der Waals surface area contributed by atoms with Gasteiger partial charge in [0, 0.05) is 0 Å². The number of rotatable bonds is 6. The summed E-state index contributed by atoms with van der Waals surface area (Å²) in [7, 11) is -1.94. The Morgan fingerprint density at radius 1 is 1.25 bits per heavy atom. The Kier molecular flexibility index (Phi) is 5.79. The fourth-order valence-corrected chi connectivity index (χ4v) is 4.09. The van der Waals surface area contributed by atoms with Gasteiger partial charge in [0.25, 0.3) is 5.91 Å². The predicted molar refractivity (Wildman–Crippen MR) is 107 cm³/mol. The van der Waals surface area contributed by atoms with E-state index in [1.807, 2.05) is 31.2 Å². The van der Waals surface area contributed by atoms with E-state index in [9.17, 15) is 13.2 Å². The number of hydrogen-bond donors (Lipinski definition) is 1. The third-order valence-corrected chi connectivity index (χ3v) is 5.82. The van der Waals surface area contributed by atoms with Gasteiger partial charge in [-0.05, 0) is 36.2 Å². The minimum atomic E-state index is -3.54. The normalized spacial score (nSPS) is 17.2. The van der Waals surface area contributed by atoms with Crippen LogP contribution in [-0.4, -0.2) is 40.3 Å². The summed E-state index contributed by atoms with van der Waals surface area (Å²) in [5.74, 6) is 0.753. The number of nitrogens with zero attached hydrogens (tertiary/aromatic N) is 1. The molecule has 3 rings (SSSR count). The van der Waals surface area contributed by atoms with Gasteiger partial charge in [-0.25, -0.2) is 8.42 Å². The molecule has 0 fully saturated rings. The smallest absolute Gasteiger partial charge is 0.263 e. The molecule has 0 saturated heterocycles. The fourth-order valence-electron chi connectivity index (χ4n) is 3.17. The van der Waals surface area contributed by atoms with Gasteiger partial charge in [0.05, 0.1) is 31.6 Å². The molecule has 0 saturated carbocycles. The molecule has 2 aromatic carbocycles. The lowest BCUT2D eigenvalue weighted by Gasteiger charge is -2.34. The van der Waals surface area contributed by atoms with Crippen molar-refractivity contribution in [3.05, 3.63) is 54.1 Å². The van der Waals surface area contributed by atoms with Crippen LogP contribution in [0.25, 0.3) is 0 Å². The standard InChI is InChI=1S/C20H24N2O5S/c1-4-16(14-9-11-15(26-2)12-10-14)21-20(23)19-13-22(28(3,24)25)17-7-5-6-8-18(17)27-19/h5-12,16,19H,4,13H2,1-3H3,(H,21,23)/t16-,19+/m1/s1. The number of hydrogen-bond acceptors (Lipinski definition) is 5. The predicted octanol–water partition coefficient (Wildman–Crippen LogP) is 2.49. The number of nitrogens with one attached hydrogen (secondary N) is 1. The number of anilines is 1. The van der Waals surface area contributed by atoms with E-state index < -0.39 is 16.1 Å². The highest BCUT2D eigenvalue weighted by atomic mass is 32.2. The Bertz CT molecular complexity index is 943. The Morgan fingerprint density at radius 3 is 2.54 bits per heavy atom. The van der Waals surface area contributed by atoms with Gasteiger partial charge in [-0.1, -0.05) is 31.2 Å². The van der Waals surface area contributed by atoms with Crippen LogP contribution in [0.3, 0.4) is 0 Å². The second-order valence-corrected chi connectivity index (χ2v) is 8.52. The molecule has 2 aromatic rings. The molecule has 28 heavy (non-hydrogen) atoms. The molecular formula is C20H24N2O5S. The zero-order valence-electron chi connectivity index (χ0n) is 16.1.